The number of carboxylic acids is 1. The highest BCUT2D eigenvalue weighted by molar-refractivity contribution is 5.96. The fourth-order valence-corrected chi connectivity index (χ4v) is 3.00. The van der Waals surface area contributed by atoms with Gasteiger partial charge in [0.05, 0.1) is 18.4 Å². The fourth-order valence-electron chi connectivity index (χ4n) is 3.00. The lowest BCUT2D eigenvalue weighted by Gasteiger charge is -2.20. The molecule has 0 spiro atoms. The first kappa shape index (κ1) is 21.7. The summed E-state index contributed by atoms with van der Waals surface area (Å²) < 4.78 is 0. The number of anilines is 3. The third-order valence-electron chi connectivity index (χ3n) is 4.69. The second kappa shape index (κ2) is 8.78. The maximum Gasteiger partial charge on any atom is 0.326 e. The van der Waals surface area contributed by atoms with Crippen LogP contribution >= 0.6 is 0 Å². The summed E-state index contributed by atoms with van der Waals surface area (Å²) in [6.45, 7) is 3.90. The monoisotopic (exact) mass is 424 g/mol. The highest BCUT2D eigenvalue weighted by Crippen LogP contribution is 2.19. The smallest absolute Gasteiger partial charge is 0.326 e. The Balaban J connectivity index is 1.72. The number of carbonyl (C=O) groups excluding carboxylic acids is 1. The molecule has 0 saturated heterocycles. The average molecular weight is 424 g/mol. The number of aliphatic carboxylic acids is 1. The quantitative estimate of drug-likeness (QED) is 0.429. The molecule has 2 aromatic heterocycles. The molecule has 0 aliphatic heterocycles. The third kappa shape index (κ3) is 4.94. The van der Waals surface area contributed by atoms with E-state index in [1.807, 2.05) is 11.9 Å². The van der Waals surface area contributed by atoms with Crippen LogP contribution in [-0.2, 0) is 11.3 Å². The van der Waals surface area contributed by atoms with E-state index in [0.29, 0.717) is 29.0 Å². The van der Waals surface area contributed by atoms with Gasteiger partial charge in [0, 0.05) is 18.3 Å². The highest BCUT2D eigenvalue weighted by Gasteiger charge is 2.24. The van der Waals surface area contributed by atoms with Crippen LogP contribution < -0.4 is 21.7 Å². The summed E-state index contributed by atoms with van der Waals surface area (Å²) in [7, 11) is 1.86. The van der Waals surface area contributed by atoms with Crippen molar-refractivity contribution in [1.29, 1.82) is 0 Å². The van der Waals surface area contributed by atoms with Gasteiger partial charge in [-0.15, -0.1) is 0 Å². The molecule has 3 aromatic rings. The zero-order valence-corrected chi connectivity index (χ0v) is 17.4. The number of amides is 1. The number of fused-ring (bicyclic) bond motifs is 1. The van der Waals surface area contributed by atoms with E-state index >= 15 is 0 Å². The van der Waals surface area contributed by atoms with E-state index in [2.05, 4.69) is 25.3 Å². The van der Waals surface area contributed by atoms with Crippen molar-refractivity contribution < 1.29 is 14.7 Å². The van der Waals surface area contributed by atoms with Gasteiger partial charge in [0.15, 0.2) is 17.0 Å². The van der Waals surface area contributed by atoms with Gasteiger partial charge in [0.1, 0.15) is 6.04 Å². The Kier molecular flexibility index (Phi) is 6.14. The van der Waals surface area contributed by atoms with Gasteiger partial charge in [-0.3, -0.25) is 4.79 Å². The van der Waals surface area contributed by atoms with E-state index < -0.39 is 17.9 Å². The Hall–Kier alpha value is -4.02. The summed E-state index contributed by atoms with van der Waals surface area (Å²) in [6, 6.07) is 5.87. The number of carboxylic acid groups (broad SMARTS) is 1. The summed E-state index contributed by atoms with van der Waals surface area (Å²) in [5.41, 5.74) is 14.0. The van der Waals surface area contributed by atoms with Crippen molar-refractivity contribution in [2.24, 2.45) is 5.92 Å². The number of aromatic nitrogens is 4. The summed E-state index contributed by atoms with van der Waals surface area (Å²) in [6.07, 6.45) is 1.59. The van der Waals surface area contributed by atoms with Crippen LogP contribution in [0.2, 0.25) is 0 Å². The maximum atomic E-state index is 12.4. The Bertz CT molecular complexity index is 1120. The Morgan fingerprint density at radius 1 is 1.13 bits per heavy atom. The highest BCUT2D eigenvalue weighted by atomic mass is 16.4. The van der Waals surface area contributed by atoms with Crippen LogP contribution in [0.3, 0.4) is 0 Å². The topological polar surface area (TPSA) is 173 Å². The molecule has 0 aliphatic carbocycles. The van der Waals surface area contributed by atoms with Crippen molar-refractivity contribution >= 4 is 40.5 Å². The Morgan fingerprint density at radius 2 is 1.81 bits per heavy atom. The number of hydrogen-bond donors (Lipinski definition) is 4. The summed E-state index contributed by atoms with van der Waals surface area (Å²) >= 11 is 0. The van der Waals surface area contributed by atoms with Crippen LogP contribution in [0.1, 0.15) is 29.9 Å². The fraction of sp³-hybridized carbons (Fsp3) is 0.300. The van der Waals surface area contributed by atoms with Gasteiger partial charge < -0.3 is 26.8 Å². The van der Waals surface area contributed by atoms with Crippen LogP contribution in [0.5, 0.6) is 0 Å². The van der Waals surface area contributed by atoms with E-state index in [1.165, 1.54) is 0 Å². The van der Waals surface area contributed by atoms with Crippen molar-refractivity contribution in [1.82, 2.24) is 25.3 Å². The molecule has 6 N–H and O–H groups in total. The van der Waals surface area contributed by atoms with Gasteiger partial charge >= 0.3 is 5.97 Å². The van der Waals surface area contributed by atoms with Gasteiger partial charge in [-0.1, -0.05) is 13.8 Å². The minimum atomic E-state index is -1.06. The number of nitrogens with one attached hydrogen (secondary N) is 1. The molecule has 3 rings (SSSR count). The number of hydrogen-bond acceptors (Lipinski definition) is 9. The molecule has 0 fully saturated rings. The molecule has 1 atom stereocenters. The van der Waals surface area contributed by atoms with Gasteiger partial charge in [-0.05, 0) is 30.2 Å². The zero-order valence-electron chi connectivity index (χ0n) is 17.4. The van der Waals surface area contributed by atoms with Crippen molar-refractivity contribution in [3.8, 4) is 0 Å². The molecule has 162 valence electrons. The van der Waals surface area contributed by atoms with Crippen LogP contribution in [0.15, 0.2) is 30.5 Å². The summed E-state index contributed by atoms with van der Waals surface area (Å²) in [4.78, 5) is 42.2. The van der Waals surface area contributed by atoms with Crippen molar-refractivity contribution in [2.45, 2.75) is 26.4 Å². The number of nitrogen functional groups attached to an aromatic ring is 2. The predicted molar refractivity (Wildman–Crippen MR) is 116 cm³/mol. The van der Waals surface area contributed by atoms with Gasteiger partial charge in [-0.2, -0.15) is 9.97 Å². The van der Waals surface area contributed by atoms with E-state index in [9.17, 15) is 14.7 Å². The molecule has 1 aromatic carbocycles. The van der Waals surface area contributed by atoms with Crippen LogP contribution in [0.4, 0.5) is 17.5 Å². The van der Waals surface area contributed by atoms with Crippen molar-refractivity contribution in [2.75, 3.05) is 23.4 Å². The lowest BCUT2D eigenvalue weighted by molar-refractivity contribution is -0.140. The summed E-state index contributed by atoms with van der Waals surface area (Å²) in [5, 5.41) is 11.8. The maximum absolute atomic E-state index is 12.4. The van der Waals surface area contributed by atoms with Crippen LogP contribution in [0.25, 0.3) is 11.2 Å². The van der Waals surface area contributed by atoms with Crippen LogP contribution in [-0.4, -0.2) is 50.0 Å². The van der Waals surface area contributed by atoms with Crippen molar-refractivity contribution in [3.63, 3.8) is 0 Å². The third-order valence-corrected chi connectivity index (χ3v) is 4.69. The Labute approximate surface area is 178 Å². The molecule has 0 bridgehead atoms. The molecule has 0 radical (unpaired) electrons. The van der Waals surface area contributed by atoms with Gasteiger partial charge in [0.2, 0.25) is 5.95 Å². The van der Waals surface area contributed by atoms with E-state index in [1.54, 1.807) is 44.3 Å². The number of benzene rings is 1. The molecular formula is C20H24N8O3. The number of rotatable bonds is 7. The SMILES string of the molecule is CC(C)C(NC(=O)c1ccc(N(C)Cc2cnc3nc(N)nc(N)c3n2)cc1)C(=O)O. The summed E-state index contributed by atoms with van der Waals surface area (Å²) in [5.74, 6) is -1.53. The molecule has 1 amide bonds. The minimum absolute atomic E-state index is 0.0383. The molecule has 0 aliphatic rings. The molecule has 31 heavy (non-hydrogen) atoms. The molecule has 11 nitrogen and oxygen atoms in total. The number of nitrogens with zero attached hydrogens (tertiary/aromatic N) is 5. The molecule has 0 saturated carbocycles. The van der Waals surface area contributed by atoms with E-state index in [-0.39, 0.29) is 17.7 Å². The average Bonchev–Trinajstić information content (AvgIpc) is 2.71. The standard InChI is InChI=1S/C20H24N8O3/c1-10(2)14(19(30)31)25-18(29)11-4-6-13(7-5-11)28(3)9-12-8-23-17-15(24-12)16(21)26-20(22)27-17/h4-8,10,14H,9H2,1-3H3,(H,25,29)(H,30,31)(H4,21,22,23,26,27). The predicted octanol–water partition coefficient (Wildman–Crippen LogP) is 1.06. The van der Waals surface area contributed by atoms with Gasteiger partial charge in [-0.25, -0.2) is 14.8 Å². The van der Waals surface area contributed by atoms with Crippen molar-refractivity contribution in [3.05, 3.63) is 41.7 Å². The molecular weight excluding hydrogens is 400 g/mol. The normalized spacial score (nSPS) is 12.0. The minimum Gasteiger partial charge on any atom is -0.480 e. The first-order valence-corrected chi connectivity index (χ1v) is 9.55. The molecule has 11 heteroatoms. The van der Waals surface area contributed by atoms with E-state index in [0.717, 1.165) is 5.69 Å². The zero-order chi connectivity index (χ0) is 22.7. The largest absolute Gasteiger partial charge is 0.480 e. The second-order valence-electron chi connectivity index (χ2n) is 7.44. The Morgan fingerprint density at radius 3 is 2.42 bits per heavy atom. The second-order valence-corrected chi connectivity index (χ2v) is 7.44. The molecule has 1 unspecified atom stereocenters. The first-order chi connectivity index (χ1) is 14.7. The number of carbonyl (C=O) groups is 2. The number of nitrogens with two attached hydrogens (primary N) is 2. The van der Waals surface area contributed by atoms with Crippen LogP contribution in [0, 0.1) is 5.92 Å². The molecule has 2 heterocycles. The van der Waals surface area contributed by atoms with E-state index in [4.69, 9.17) is 11.5 Å². The van der Waals surface area contributed by atoms with Gasteiger partial charge in [0.25, 0.3) is 5.91 Å². The first-order valence-electron chi connectivity index (χ1n) is 9.55. The lowest BCUT2D eigenvalue weighted by atomic mass is 10.0. The lowest BCUT2D eigenvalue weighted by Crippen LogP contribution is -2.44.